The van der Waals surface area contributed by atoms with Crippen molar-refractivity contribution in [1.29, 1.82) is 5.26 Å². The number of aromatic nitrogens is 2. The lowest BCUT2D eigenvalue weighted by Gasteiger charge is -2.42. The predicted octanol–water partition coefficient (Wildman–Crippen LogP) is 4.87. The molecule has 1 saturated carbocycles. The lowest BCUT2D eigenvalue weighted by atomic mass is 9.75. The second-order valence-electron chi connectivity index (χ2n) is 9.10. The van der Waals surface area contributed by atoms with E-state index in [2.05, 4.69) is 9.97 Å². The molecule has 2 aromatic rings. The fraction of sp³-hybridized carbons (Fsp3) is 0.400. The maximum atomic E-state index is 13.6. The van der Waals surface area contributed by atoms with Crippen molar-refractivity contribution in [3.05, 3.63) is 66.3 Å². The quantitative estimate of drug-likeness (QED) is 0.509. The van der Waals surface area contributed by atoms with Crippen molar-refractivity contribution in [2.45, 2.75) is 50.2 Å². The minimum Gasteiger partial charge on any atom is -0.449 e. The number of carbonyl (C=O) groups excluding carboxylic acids is 1. The number of hydrogen-bond acceptors (Lipinski definition) is 6. The molecule has 0 bridgehead atoms. The van der Waals surface area contributed by atoms with Gasteiger partial charge in [0.2, 0.25) is 0 Å². The van der Waals surface area contributed by atoms with Gasteiger partial charge in [0.1, 0.15) is 11.8 Å². The molecule has 36 heavy (non-hydrogen) atoms. The Kier molecular flexibility index (Phi) is 6.16. The summed E-state index contributed by atoms with van der Waals surface area (Å²) in [7, 11) is 0. The molecule has 11 heteroatoms. The number of pyridine rings is 1. The Morgan fingerprint density at radius 1 is 1.25 bits per heavy atom. The van der Waals surface area contributed by atoms with E-state index < -0.39 is 23.6 Å². The van der Waals surface area contributed by atoms with Gasteiger partial charge in [-0.25, -0.2) is 4.98 Å². The van der Waals surface area contributed by atoms with Crippen LogP contribution in [0.25, 0.3) is 0 Å². The van der Waals surface area contributed by atoms with Crippen molar-refractivity contribution < 1.29 is 22.4 Å². The highest BCUT2D eigenvalue weighted by Gasteiger charge is 2.60. The van der Waals surface area contributed by atoms with Crippen LogP contribution in [0.4, 0.5) is 18.9 Å². The second-order valence-corrected chi connectivity index (χ2v) is 9.47. The maximum absolute atomic E-state index is 13.6. The highest BCUT2D eigenvalue weighted by atomic mass is 32.1. The van der Waals surface area contributed by atoms with Crippen LogP contribution in [0.1, 0.15) is 37.3 Å². The number of carbonyl (C=O) groups is 1. The molecule has 1 spiro atoms. The van der Waals surface area contributed by atoms with Gasteiger partial charge in [-0.15, -0.1) is 0 Å². The third-order valence-corrected chi connectivity index (χ3v) is 7.33. The standard InChI is InChI=1S/C25H22F3N5O2S/c26-25(27,28)20-13-18(7-5-16(20)14-29)32-22(34)24(9-2-10-24)33(23(32)36)19-8-6-17(31-15-19)3-1-4-21-30-11-12-35-21/h5-8,11-13,15-16,20H,1-4,9-10H2. The number of aryl methyl sites for hydroxylation is 2. The van der Waals surface area contributed by atoms with Gasteiger partial charge < -0.3 is 9.32 Å². The molecule has 1 amide bonds. The Morgan fingerprint density at radius 2 is 2.06 bits per heavy atom. The number of rotatable bonds is 6. The van der Waals surface area contributed by atoms with E-state index in [4.69, 9.17) is 21.9 Å². The summed E-state index contributed by atoms with van der Waals surface area (Å²) in [5.41, 5.74) is 0.591. The monoisotopic (exact) mass is 513 g/mol. The fourth-order valence-electron chi connectivity index (χ4n) is 4.94. The first-order chi connectivity index (χ1) is 17.2. The van der Waals surface area contributed by atoms with Crippen LogP contribution in [0.15, 0.2) is 59.1 Å². The van der Waals surface area contributed by atoms with Crippen molar-refractivity contribution in [1.82, 2.24) is 14.9 Å². The lowest BCUT2D eigenvalue weighted by Crippen LogP contribution is -2.55. The molecule has 0 N–H and O–H groups in total. The fourth-order valence-corrected chi connectivity index (χ4v) is 5.41. The van der Waals surface area contributed by atoms with Crippen molar-refractivity contribution in [3.63, 3.8) is 0 Å². The Labute approximate surface area is 210 Å². The van der Waals surface area contributed by atoms with Gasteiger partial charge in [-0.2, -0.15) is 18.4 Å². The first-order valence-corrected chi connectivity index (χ1v) is 12.0. The van der Waals surface area contributed by atoms with Crippen LogP contribution in [0.2, 0.25) is 0 Å². The number of amides is 1. The Hall–Kier alpha value is -3.52. The van der Waals surface area contributed by atoms with Crippen LogP contribution in [-0.4, -0.2) is 37.6 Å². The van der Waals surface area contributed by atoms with Gasteiger partial charge in [0.15, 0.2) is 11.0 Å². The molecule has 0 aromatic carbocycles. The van der Waals surface area contributed by atoms with Gasteiger partial charge in [0.25, 0.3) is 5.91 Å². The summed E-state index contributed by atoms with van der Waals surface area (Å²) < 4.78 is 46.1. The van der Waals surface area contributed by atoms with Gasteiger partial charge in [-0.1, -0.05) is 6.08 Å². The molecule has 2 aliphatic carbocycles. The Morgan fingerprint density at radius 3 is 2.64 bits per heavy atom. The number of halogens is 3. The summed E-state index contributed by atoms with van der Waals surface area (Å²) in [5.74, 6) is -3.04. The number of allylic oxidation sites excluding steroid dienone is 3. The van der Waals surface area contributed by atoms with Gasteiger partial charge in [0, 0.05) is 17.8 Å². The molecule has 3 heterocycles. The van der Waals surface area contributed by atoms with Gasteiger partial charge in [-0.3, -0.25) is 14.7 Å². The summed E-state index contributed by atoms with van der Waals surface area (Å²) >= 11 is 5.65. The summed E-state index contributed by atoms with van der Waals surface area (Å²) in [6.07, 6.45) is 7.76. The van der Waals surface area contributed by atoms with Crippen LogP contribution in [0, 0.1) is 23.2 Å². The minimum absolute atomic E-state index is 0.0451. The van der Waals surface area contributed by atoms with E-state index in [0.29, 0.717) is 37.3 Å². The Balaban J connectivity index is 1.38. The van der Waals surface area contributed by atoms with E-state index in [9.17, 15) is 18.0 Å². The number of thiocarbonyl (C=S) groups is 1. The largest absolute Gasteiger partial charge is 0.449 e. The van der Waals surface area contributed by atoms with Gasteiger partial charge in [0.05, 0.1) is 36.0 Å². The number of hydrogen-bond donors (Lipinski definition) is 0. The molecule has 1 saturated heterocycles. The van der Waals surface area contributed by atoms with Crippen LogP contribution in [-0.2, 0) is 17.6 Å². The van der Waals surface area contributed by atoms with Gasteiger partial charge >= 0.3 is 6.18 Å². The summed E-state index contributed by atoms with van der Waals surface area (Å²) in [6.45, 7) is 0. The number of oxazole rings is 1. The predicted molar refractivity (Wildman–Crippen MR) is 127 cm³/mol. The van der Waals surface area contributed by atoms with Crippen LogP contribution in [0.5, 0.6) is 0 Å². The molecule has 2 atom stereocenters. The topological polar surface area (TPSA) is 86.3 Å². The van der Waals surface area contributed by atoms with Crippen molar-refractivity contribution in [2.75, 3.05) is 4.90 Å². The summed E-state index contributed by atoms with van der Waals surface area (Å²) in [4.78, 5) is 25.1. The lowest BCUT2D eigenvalue weighted by molar-refractivity contribution is -0.166. The highest BCUT2D eigenvalue weighted by Crippen LogP contribution is 2.48. The van der Waals surface area contributed by atoms with Crippen molar-refractivity contribution >= 4 is 28.9 Å². The first-order valence-electron chi connectivity index (χ1n) is 11.6. The number of nitriles is 1. The SMILES string of the molecule is N#CC1C=CC(N2C(=O)C3(CCC3)N(c3ccc(CCCc4ncco4)nc3)C2=S)=CC1C(F)(F)F. The zero-order valence-corrected chi connectivity index (χ0v) is 19.9. The molecule has 5 rings (SSSR count). The number of alkyl halides is 3. The molecule has 7 nitrogen and oxygen atoms in total. The summed E-state index contributed by atoms with van der Waals surface area (Å²) in [6, 6.07) is 5.38. The third kappa shape index (κ3) is 4.09. The van der Waals surface area contributed by atoms with E-state index >= 15 is 0 Å². The normalized spacial score (nSPS) is 23.1. The average molecular weight is 514 g/mol. The number of nitrogens with zero attached hydrogens (tertiary/aromatic N) is 5. The molecule has 1 aliphatic heterocycles. The molecule has 0 radical (unpaired) electrons. The van der Waals surface area contributed by atoms with E-state index in [1.165, 1.54) is 23.3 Å². The van der Waals surface area contributed by atoms with Gasteiger partial charge in [-0.05, 0) is 68.6 Å². The second kappa shape index (κ2) is 9.17. The molecule has 2 unspecified atom stereocenters. The summed E-state index contributed by atoms with van der Waals surface area (Å²) in [5, 5.41) is 9.28. The van der Waals surface area contributed by atoms with Crippen LogP contribution < -0.4 is 4.90 Å². The molecule has 3 aliphatic rings. The molecule has 186 valence electrons. The van der Waals surface area contributed by atoms with E-state index in [1.807, 2.05) is 12.1 Å². The molecular formula is C25H22F3N5O2S. The average Bonchev–Trinajstić information content (AvgIpc) is 3.42. The molecular weight excluding hydrogens is 491 g/mol. The zero-order chi connectivity index (χ0) is 25.5. The Bertz CT molecular complexity index is 1260. The third-order valence-electron chi connectivity index (χ3n) is 6.96. The number of anilines is 1. The van der Waals surface area contributed by atoms with E-state index in [1.54, 1.807) is 23.4 Å². The van der Waals surface area contributed by atoms with Crippen molar-refractivity contribution in [2.24, 2.45) is 11.8 Å². The van der Waals surface area contributed by atoms with Crippen LogP contribution >= 0.6 is 12.2 Å². The first kappa shape index (κ1) is 24.2. The molecule has 2 aromatic heterocycles. The van der Waals surface area contributed by atoms with Crippen LogP contribution in [0.3, 0.4) is 0 Å². The van der Waals surface area contributed by atoms with E-state index in [-0.39, 0.29) is 16.7 Å². The highest BCUT2D eigenvalue weighted by molar-refractivity contribution is 7.80. The smallest absolute Gasteiger partial charge is 0.396 e. The van der Waals surface area contributed by atoms with E-state index in [0.717, 1.165) is 24.6 Å². The minimum atomic E-state index is -4.62. The maximum Gasteiger partial charge on any atom is 0.396 e. The molecule has 2 fully saturated rings. The zero-order valence-electron chi connectivity index (χ0n) is 19.1. The van der Waals surface area contributed by atoms with Crippen molar-refractivity contribution in [3.8, 4) is 6.07 Å².